The molecule has 0 aliphatic carbocycles. The van der Waals surface area contributed by atoms with Gasteiger partial charge in [0.2, 0.25) is 0 Å². The lowest BCUT2D eigenvalue weighted by Crippen LogP contribution is -2.07. The number of anilines is 1. The van der Waals surface area contributed by atoms with Crippen molar-refractivity contribution in [2.75, 3.05) is 5.73 Å². The first-order valence-corrected chi connectivity index (χ1v) is 5.07. The van der Waals surface area contributed by atoms with Gasteiger partial charge in [-0.1, -0.05) is 10.3 Å². The maximum atomic E-state index is 13.0. The third kappa shape index (κ3) is 2.62. The minimum absolute atomic E-state index is 0.0432. The monoisotopic (exact) mass is 251 g/mol. The van der Waals surface area contributed by atoms with E-state index in [0.29, 0.717) is 11.4 Å². The smallest absolute Gasteiger partial charge is 0.338 e. The number of rotatable bonds is 3. The summed E-state index contributed by atoms with van der Waals surface area (Å²) in [6, 6.07) is 3.49. The molecule has 0 fully saturated rings. The molecule has 1 aromatic carbocycles. The van der Waals surface area contributed by atoms with Gasteiger partial charge in [0.25, 0.3) is 0 Å². The van der Waals surface area contributed by atoms with Gasteiger partial charge in [-0.15, -0.1) is 0 Å². The number of nitrogen functional groups attached to an aromatic ring is 1. The molecule has 0 unspecified atom stereocenters. The second-order valence-corrected chi connectivity index (χ2v) is 3.65. The first-order valence-electron chi connectivity index (χ1n) is 5.07. The summed E-state index contributed by atoms with van der Waals surface area (Å²) >= 11 is 0. The van der Waals surface area contributed by atoms with Crippen LogP contribution in [0.15, 0.2) is 22.8 Å². The number of carbonyl (C=O) groups is 1. The van der Waals surface area contributed by atoms with E-state index in [0.717, 1.165) is 12.1 Å². The van der Waals surface area contributed by atoms with Crippen LogP contribution in [0.3, 0.4) is 0 Å². The summed E-state index contributed by atoms with van der Waals surface area (Å²) in [6.45, 7) is 1.57. The van der Waals surface area contributed by atoms with Crippen LogP contribution in [0.5, 0.6) is 0 Å². The van der Waals surface area contributed by atoms with Crippen molar-refractivity contribution in [1.29, 1.82) is 0 Å². The summed E-state index contributed by atoms with van der Waals surface area (Å²) < 4.78 is 22.4. The van der Waals surface area contributed by atoms with Gasteiger partial charge in [0.15, 0.2) is 0 Å². The summed E-state index contributed by atoms with van der Waals surface area (Å²) in [5.41, 5.74) is 6.56. The molecular formula is C11H10FN3O3. The van der Waals surface area contributed by atoms with Crippen molar-refractivity contribution in [1.82, 2.24) is 10.3 Å². The number of esters is 1. The first-order chi connectivity index (χ1) is 8.56. The maximum Gasteiger partial charge on any atom is 0.338 e. The molecule has 1 aromatic heterocycles. The Balaban J connectivity index is 2.06. The number of aryl methyl sites for hydroxylation is 1. The van der Waals surface area contributed by atoms with Crippen molar-refractivity contribution in [3.63, 3.8) is 0 Å². The summed E-state index contributed by atoms with van der Waals surface area (Å²) in [7, 11) is 0. The number of ether oxygens (including phenoxy) is 1. The molecule has 2 aromatic rings. The van der Waals surface area contributed by atoms with Crippen molar-refractivity contribution >= 4 is 11.7 Å². The highest BCUT2D eigenvalue weighted by atomic mass is 19.1. The van der Waals surface area contributed by atoms with E-state index < -0.39 is 11.8 Å². The number of benzene rings is 1. The molecule has 7 heteroatoms. The highest BCUT2D eigenvalue weighted by Crippen LogP contribution is 2.13. The van der Waals surface area contributed by atoms with Crippen molar-refractivity contribution in [2.45, 2.75) is 13.5 Å². The Hall–Kier alpha value is -2.44. The largest absolute Gasteiger partial charge is 0.455 e. The minimum atomic E-state index is -0.691. The summed E-state index contributed by atoms with van der Waals surface area (Å²) in [5, 5.41) is 7.09. The predicted octanol–water partition coefficient (Wildman–Crippen LogP) is 1.46. The summed E-state index contributed by atoms with van der Waals surface area (Å²) in [5.74, 6) is -1.29. The number of aromatic nitrogens is 2. The number of nitrogens with two attached hydrogens (primary N) is 1. The van der Waals surface area contributed by atoms with E-state index >= 15 is 0 Å². The van der Waals surface area contributed by atoms with Gasteiger partial charge in [0.1, 0.15) is 23.8 Å². The van der Waals surface area contributed by atoms with Crippen molar-refractivity contribution in [2.24, 2.45) is 0 Å². The van der Waals surface area contributed by atoms with E-state index in [1.165, 1.54) is 6.07 Å². The SMILES string of the molecule is Cc1nonc1COC(=O)c1cc(N)cc(F)c1. The van der Waals surface area contributed by atoms with Crippen molar-refractivity contribution < 1.29 is 18.6 Å². The topological polar surface area (TPSA) is 91.2 Å². The van der Waals surface area contributed by atoms with Gasteiger partial charge in [0, 0.05) is 5.69 Å². The third-order valence-electron chi connectivity index (χ3n) is 2.24. The van der Waals surface area contributed by atoms with Crippen LogP contribution in [0.4, 0.5) is 10.1 Å². The average molecular weight is 251 g/mol. The number of hydrogen-bond acceptors (Lipinski definition) is 6. The van der Waals surface area contributed by atoms with E-state index in [1.807, 2.05) is 0 Å². The molecule has 1 heterocycles. The lowest BCUT2D eigenvalue weighted by Gasteiger charge is -2.04. The third-order valence-corrected chi connectivity index (χ3v) is 2.24. The Bertz CT molecular complexity index is 562. The fraction of sp³-hybridized carbons (Fsp3) is 0.182. The number of carbonyl (C=O) groups excluding carboxylic acids is 1. The Morgan fingerprint density at radius 1 is 1.44 bits per heavy atom. The molecule has 18 heavy (non-hydrogen) atoms. The van der Waals surface area contributed by atoms with Gasteiger partial charge in [-0.3, -0.25) is 0 Å². The molecule has 0 aliphatic heterocycles. The van der Waals surface area contributed by atoms with Crippen LogP contribution in [0.1, 0.15) is 21.7 Å². The van der Waals surface area contributed by atoms with Crippen LogP contribution in [-0.2, 0) is 11.3 Å². The van der Waals surface area contributed by atoms with E-state index in [4.69, 9.17) is 10.5 Å². The predicted molar refractivity (Wildman–Crippen MR) is 59.0 cm³/mol. The van der Waals surface area contributed by atoms with Crippen LogP contribution < -0.4 is 5.73 Å². The molecule has 2 N–H and O–H groups in total. The average Bonchev–Trinajstić information content (AvgIpc) is 2.70. The normalized spacial score (nSPS) is 10.3. The molecule has 0 saturated heterocycles. The zero-order valence-electron chi connectivity index (χ0n) is 9.51. The van der Waals surface area contributed by atoms with Gasteiger partial charge >= 0.3 is 5.97 Å². The Morgan fingerprint density at radius 3 is 2.83 bits per heavy atom. The van der Waals surface area contributed by atoms with Gasteiger partial charge in [-0.25, -0.2) is 13.8 Å². The van der Waals surface area contributed by atoms with Gasteiger partial charge in [-0.2, -0.15) is 0 Å². The van der Waals surface area contributed by atoms with E-state index in [1.54, 1.807) is 6.92 Å². The maximum absolute atomic E-state index is 13.0. The Kier molecular flexibility index (Phi) is 3.22. The van der Waals surface area contributed by atoms with Crippen LogP contribution in [0, 0.1) is 12.7 Å². The molecule has 0 saturated carbocycles. The molecule has 94 valence electrons. The number of hydrogen-bond donors (Lipinski definition) is 1. The molecule has 0 spiro atoms. The van der Waals surface area contributed by atoms with Crippen LogP contribution >= 0.6 is 0 Å². The summed E-state index contributed by atoms with van der Waals surface area (Å²) in [6.07, 6.45) is 0. The quantitative estimate of drug-likeness (QED) is 0.655. The van der Waals surface area contributed by atoms with Gasteiger partial charge < -0.3 is 10.5 Å². The van der Waals surface area contributed by atoms with Crippen LogP contribution in [0.25, 0.3) is 0 Å². The molecular weight excluding hydrogens is 241 g/mol. The van der Waals surface area contributed by atoms with Crippen molar-refractivity contribution in [3.05, 3.63) is 41.0 Å². The molecule has 2 rings (SSSR count). The highest BCUT2D eigenvalue weighted by molar-refractivity contribution is 5.90. The molecule has 0 amide bonds. The molecule has 6 nitrogen and oxygen atoms in total. The number of nitrogens with zero attached hydrogens (tertiary/aromatic N) is 2. The van der Waals surface area contributed by atoms with Crippen LogP contribution in [-0.4, -0.2) is 16.3 Å². The molecule has 0 radical (unpaired) electrons. The minimum Gasteiger partial charge on any atom is -0.455 e. The number of halogens is 1. The fourth-order valence-corrected chi connectivity index (χ4v) is 1.33. The Labute approximate surface area is 102 Å². The van der Waals surface area contributed by atoms with Crippen LogP contribution in [0.2, 0.25) is 0 Å². The zero-order valence-corrected chi connectivity index (χ0v) is 9.51. The van der Waals surface area contributed by atoms with Gasteiger partial charge in [0.05, 0.1) is 5.56 Å². The van der Waals surface area contributed by atoms with E-state index in [9.17, 15) is 9.18 Å². The van der Waals surface area contributed by atoms with E-state index in [-0.39, 0.29) is 17.9 Å². The molecule has 0 bridgehead atoms. The highest BCUT2D eigenvalue weighted by Gasteiger charge is 2.12. The second kappa shape index (κ2) is 4.82. The zero-order chi connectivity index (χ0) is 13.1. The van der Waals surface area contributed by atoms with Gasteiger partial charge in [-0.05, 0) is 25.1 Å². The lowest BCUT2D eigenvalue weighted by atomic mass is 10.2. The Morgan fingerprint density at radius 2 is 2.22 bits per heavy atom. The fourth-order valence-electron chi connectivity index (χ4n) is 1.33. The standard InChI is InChI=1S/C11H10FN3O3/c1-6-10(15-18-14-6)5-17-11(16)7-2-8(12)4-9(13)3-7/h2-4H,5,13H2,1H3. The van der Waals surface area contributed by atoms with E-state index in [2.05, 4.69) is 14.9 Å². The second-order valence-electron chi connectivity index (χ2n) is 3.65. The van der Waals surface area contributed by atoms with Crippen molar-refractivity contribution in [3.8, 4) is 0 Å². The lowest BCUT2D eigenvalue weighted by molar-refractivity contribution is 0.0463. The molecule has 0 aliphatic rings. The molecule has 0 atom stereocenters. The first kappa shape index (κ1) is 12.0. The summed E-state index contributed by atoms with van der Waals surface area (Å²) in [4.78, 5) is 11.6.